The van der Waals surface area contributed by atoms with Crippen LogP contribution in [0.2, 0.25) is 0 Å². The number of nitrogens with zero attached hydrogens (tertiary/aromatic N) is 1. The monoisotopic (exact) mass is 438 g/mol. The Hall–Kier alpha value is -1.67. The van der Waals surface area contributed by atoms with E-state index in [9.17, 15) is 19.5 Å². The number of likely N-dealkylation sites (tertiary alicyclic amines) is 1. The summed E-state index contributed by atoms with van der Waals surface area (Å²) >= 11 is 0. The van der Waals surface area contributed by atoms with Gasteiger partial charge < -0.3 is 24.8 Å². The molecule has 3 rings (SSSR count). The van der Waals surface area contributed by atoms with Crippen molar-refractivity contribution >= 4 is 17.8 Å². The normalized spacial score (nSPS) is 35.5. The van der Waals surface area contributed by atoms with Crippen LogP contribution in [0.25, 0.3) is 0 Å². The Morgan fingerprint density at radius 3 is 2.42 bits per heavy atom. The van der Waals surface area contributed by atoms with Gasteiger partial charge in [0.2, 0.25) is 11.8 Å². The summed E-state index contributed by atoms with van der Waals surface area (Å²) in [5.74, 6) is -2.66. The fraction of sp³-hybridized carbons (Fsp3) is 0.870. The maximum atomic E-state index is 13.9. The van der Waals surface area contributed by atoms with Crippen molar-refractivity contribution in [1.82, 2.24) is 10.2 Å². The van der Waals surface area contributed by atoms with E-state index in [1.165, 1.54) is 4.90 Å². The van der Waals surface area contributed by atoms with Gasteiger partial charge in [0.05, 0.1) is 30.8 Å². The van der Waals surface area contributed by atoms with Crippen LogP contribution in [0.3, 0.4) is 0 Å². The zero-order chi connectivity index (χ0) is 23.4. The molecule has 0 aromatic carbocycles. The summed E-state index contributed by atoms with van der Waals surface area (Å²) in [6, 6.07) is -1.46. The van der Waals surface area contributed by atoms with E-state index in [2.05, 4.69) is 5.32 Å². The number of aliphatic hydroxyl groups is 1. The Bertz CT molecular complexity index is 747. The molecule has 2 amide bonds. The maximum absolute atomic E-state index is 13.9. The summed E-state index contributed by atoms with van der Waals surface area (Å²) in [5.41, 5.74) is -2.40. The largest absolute Gasteiger partial charge is 0.466 e. The van der Waals surface area contributed by atoms with Crippen LogP contribution in [0.1, 0.15) is 67.7 Å². The molecule has 3 aliphatic heterocycles. The number of carbonyl (C=O) groups is 3. The highest BCUT2D eigenvalue weighted by Gasteiger charge is 2.79. The quantitative estimate of drug-likeness (QED) is 0.586. The van der Waals surface area contributed by atoms with Gasteiger partial charge in [-0.25, -0.2) is 0 Å². The van der Waals surface area contributed by atoms with Gasteiger partial charge in [-0.15, -0.1) is 0 Å². The van der Waals surface area contributed by atoms with E-state index in [0.29, 0.717) is 19.3 Å². The number of aliphatic hydroxyl groups excluding tert-OH is 1. The summed E-state index contributed by atoms with van der Waals surface area (Å²) < 4.78 is 12.0. The number of ether oxygens (including phenoxy) is 2. The Kier molecular flexibility index (Phi) is 6.21. The van der Waals surface area contributed by atoms with Crippen LogP contribution in [-0.4, -0.2) is 69.8 Å². The third-order valence-electron chi connectivity index (χ3n) is 7.22. The lowest BCUT2D eigenvalue weighted by Crippen LogP contribution is -2.61. The topological polar surface area (TPSA) is 105 Å². The lowest BCUT2D eigenvalue weighted by Gasteiger charge is -2.39. The third kappa shape index (κ3) is 3.55. The SMILES string of the molecule is CCOC(=O)[C@H]1[C@H]2C(=O)N([C@@H](CO)C(C)C)C(C(=O)NC(C)(C)C)C23CC[C@]1(CC)O3. The van der Waals surface area contributed by atoms with Crippen LogP contribution in [0.5, 0.6) is 0 Å². The molecular weight excluding hydrogens is 400 g/mol. The molecule has 3 heterocycles. The zero-order valence-corrected chi connectivity index (χ0v) is 19.9. The Morgan fingerprint density at radius 2 is 1.94 bits per heavy atom. The van der Waals surface area contributed by atoms with Gasteiger partial charge in [0, 0.05) is 5.54 Å². The first-order chi connectivity index (χ1) is 14.4. The molecule has 1 spiro atoms. The van der Waals surface area contributed by atoms with Gasteiger partial charge in [0.1, 0.15) is 17.6 Å². The molecule has 3 aliphatic rings. The highest BCUT2D eigenvalue weighted by Crippen LogP contribution is 2.64. The van der Waals surface area contributed by atoms with Crippen LogP contribution in [0.15, 0.2) is 0 Å². The number of nitrogens with one attached hydrogen (secondary N) is 1. The van der Waals surface area contributed by atoms with E-state index in [4.69, 9.17) is 9.47 Å². The molecule has 2 N–H and O–H groups in total. The van der Waals surface area contributed by atoms with E-state index in [1.54, 1.807) is 6.92 Å². The summed E-state index contributed by atoms with van der Waals surface area (Å²) in [5, 5.41) is 13.1. The second kappa shape index (κ2) is 8.03. The number of rotatable bonds is 7. The standard InChI is InChI=1S/C23H38N2O6/c1-8-22-10-11-23(31-22)15(16(22)20(29)30-9-2)19(28)25(14(12-26)13(3)4)17(23)18(27)24-21(5,6)7/h13-17,26H,8-12H2,1-7H3,(H,24,27)/t14-,15-,16+,17?,22-,23?/m0/s1. The Balaban J connectivity index is 2.14. The molecule has 176 valence electrons. The van der Waals surface area contributed by atoms with Gasteiger partial charge in [-0.1, -0.05) is 20.8 Å². The molecule has 3 fully saturated rings. The number of esters is 1. The smallest absolute Gasteiger partial charge is 0.312 e. The molecular formula is C23H38N2O6. The second-order valence-electron chi connectivity index (χ2n) is 10.6. The highest BCUT2D eigenvalue weighted by molar-refractivity contribution is 5.99. The number of hydrogen-bond acceptors (Lipinski definition) is 6. The zero-order valence-electron chi connectivity index (χ0n) is 19.9. The minimum absolute atomic E-state index is 0.0764. The summed E-state index contributed by atoms with van der Waals surface area (Å²) in [6.45, 7) is 13.1. The fourth-order valence-corrected chi connectivity index (χ4v) is 5.96. The van der Waals surface area contributed by atoms with Crippen LogP contribution < -0.4 is 5.32 Å². The van der Waals surface area contributed by atoms with Crippen molar-refractivity contribution in [2.24, 2.45) is 17.8 Å². The number of amides is 2. The van der Waals surface area contributed by atoms with Gasteiger partial charge in [-0.3, -0.25) is 14.4 Å². The van der Waals surface area contributed by atoms with Crippen molar-refractivity contribution in [2.75, 3.05) is 13.2 Å². The predicted octanol–water partition coefficient (Wildman–Crippen LogP) is 1.64. The van der Waals surface area contributed by atoms with Gasteiger partial charge in [-0.05, 0) is 52.9 Å². The van der Waals surface area contributed by atoms with Gasteiger partial charge in [0.25, 0.3) is 0 Å². The average molecular weight is 439 g/mol. The minimum Gasteiger partial charge on any atom is -0.466 e. The second-order valence-corrected chi connectivity index (χ2v) is 10.6. The molecule has 0 saturated carbocycles. The fourth-order valence-electron chi connectivity index (χ4n) is 5.96. The van der Waals surface area contributed by atoms with E-state index < -0.39 is 46.6 Å². The minimum atomic E-state index is -1.10. The first-order valence-electron chi connectivity index (χ1n) is 11.5. The molecule has 6 atom stereocenters. The van der Waals surface area contributed by atoms with Gasteiger partial charge >= 0.3 is 5.97 Å². The lowest BCUT2D eigenvalue weighted by atomic mass is 9.65. The van der Waals surface area contributed by atoms with Crippen molar-refractivity contribution in [1.29, 1.82) is 0 Å². The first-order valence-corrected chi connectivity index (χ1v) is 11.5. The Morgan fingerprint density at radius 1 is 1.29 bits per heavy atom. The molecule has 2 unspecified atom stereocenters. The summed E-state index contributed by atoms with van der Waals surface area (Å²) in [4.78, 5) is 42.0. The van der Waals surface area contributed by atoms with E-state index in [-0.39, 0.29) is 30.9 Å². The van der Waals surface area contributed by atoms with Gasteiger partial charge in [0.15, 0.2) is 0 Å². The molecule has 2 bridgehead atoms. The summed E-state index contributed by atoms with van der Waals surface area (Å²) in [6.07, 6.45) is 1.67. The number of carbonyl (C=O) groups excluding carboxylic acids is 3. The first kappa shape index (κ1) is 24.0. The highest BCUT2D eigenvalue weighted by atomic mass is 16.6. The van der Waals surface area contributed by atoms with E-state index >= 15 is 0 Å². The molecule has 0 aliphatic carbocycles. The van der Waals surface area contributed by atoms with Crippen LogP contribution >= 0.6 is 0 Å². The van der Waals surface area contributed by atoms with Crippen LogP contribution in [0, 0.1) is 17.8 Å². The average Bonchev–Trinajstić information content (AvgIpc) is 3.25. The van der Waals surface area contributed by atoms with Crippen molar-refractivity contribution in [3.05, 3.63) is 0 Å². The summed E-state index contributed by atoms with van der Waals surface area (Å²) in [7, 11) is 0. The number of hydrogen-bond donors (Lipinski definition) is 2. The molecule has 0 radical (unpaired) electrons. The molecule has 0 aromatic heterocycles. The molecule has 8 heteroatoms. The van der Waals surface area contributed by atoms with Crippen molar-refractivity contribution in [3.63, 3.8) is 0 Å². The van der Waals surface area contributed by atoms with Crippen molar-refractivity contribution < 1.29 is 29.0 Å². The van der Waals surface area contributed by atoms with Crippen molar-refractivity contribution in [3.8, 4) is 0 Å². The van der Waals surface area contributed by atoms with Crippen LogP contribution in [-0.2, 0) is 23.9 Å². The molecule has 31 heavy (non-hydrogen) atoms. The molecule has 8 nitrogen and oxygen atoms in total. The van der Waals surface area contributed by atoms with E-state index in [1.807, 2.05) is 41.5 Å². The molecule has 0 aromatic rings. The van der Waals surface area contributed by atoms with Crippen LogP contribution in [0.4, 0.5) is 0 Å². The third-order valence-corrected chi connectivity index (χ3v) is 7.22. The van der Waals surface area contributed by atoms with E-state index in [0.717, 1.165) is 0 Å². The van der Waals surface area contributed by atoms with Gasteiger partial charge in [-0.2, -0.15) is 0 Å². The lowest BCUT2D eigenvalue weighted by molar-refractivity contribution is -0.162. The molecule has 3 saturated heterocycles. The number of fused-ring (bicyclic) bond motifs is 1. The Labute approximate surface area is 185 Å². The predicted molar refractivity (Wildman–Crippen MR) is 114 cm³/mol. The maximum Gasteiger partial charge on any atom is 0.312 e. The van der Waals surface area contributed by atoms with Crippen molar-refractivity contribution in [2.45, 2.75) is 96.6 Å².